The second-order valence-corrected chi connectivity index (χ2v) is 20.9. The molecule has 0 amide bonds. The van der Waals surface area contributed by atoms with Crippen molar-refractivity contribution in [3.63, 3.8) is 0 Å². The van der Waals surface area contributed by atoms with Gasteiger partial charge in [0.2, 0.25) is 0 Å². The van der Waals surface area contributed by atoms with Crippen LogP contribution in [0.15, 0.2) is 0 Å². The highest BCUT2D eigenvalue weighted by molar-refractivity contribution is 6.74. The average molecular weight is 371 g/mol. The van der Waals surface area contributed by atoms with Gasteiger partial charge in [-0.2, -0.15) is 0 Å². The van der Waals surface area contributed by atoms with Crippen molar-refractivity contribution in [2.24, 2.45) is 11.8 Å². The molecule has 2 nitrogen and oxygen atoms in total. The molecule has 0 unspecified atom stereocenters. The van der Waals surface area contributed by atoms with Crippen molar-refractivity contribution in [2.75, 3.05) is 0 Å². The van der Waals surface area contributed by atoms with E-state index in [2.05, 4.69) is 67.7 Å². The summed E-state index contributed by atoms with van der Waals surface area (Å²) in [7, 11) is -3.31. The zero-order chi connectivity index (χ0) is 18.6. The molecule has 0 N–H and O–H groups in total. The Labute approximate surface area is 153 Å². The van der Waals surface area contributed by atoms with Crippen LogP contribution in [-0.2, 0) is 8.85 Å². The van der Waals surface area contributed by atoms with Crippen molar-refractivity contribution in [2.45, 2.75) is 116 Å². The van der Waals surface area contributed by atoms with Gasteiger partial charge in [0.25, 0.3) is 0 Å². The highest BCUT2D eigenvalue weighted by Gasteiger charge is 2.50. The molecule has 0 bridgehead atoms. The maximum absolute atomic E-state index is 6.82. The molecule has 0 spiro atoms. The van der Waals surface area contributed by atoms with E-state index in [0.717, 1.165) is 11.8 Å². The number of rotatable bonds is 4. The Balaban J connectivity index is 1.99. The van der Waals surface area contributed by atoms with Crippen LogP contribution in [0.5, 0.6) is 0 Å². The number of fused-ring (bicyclic) bond motifs is 1. The monoisotopic (exact) mass is 370 g/mol. The van der Waals surface area contributed by atoms with Crippen LogP contribution in [0.2, 0.25) is 36.3 Å². The van der Waals surface area contributed by atoms with Crippen LogP contribution in [0.1, 0.15) is 67.2 Å². The lowest BCUT2D eigenvalue weighted by molar-refractivity contribution is 0.117. The molecular weight excluding hydrogens is 328 g/mol. The van der Waals surface area contributed by atoms with Crippen molar-refractivity contribution >= 4 is 16.6 Å². The first kappa shape index (κ1) is 20.7. The number of hydrogen-bond acceptors (Lipinski definition) is 2. The van der Waals surface area contributed by atoms with Gasteiger partial charge >= 0.3 is 0 Å². The Morgan fingerprint density at radius 2 is 1.21 bits per heavy atom. The van der Waals surface area contributed by atoms with Crippen LogP contribution in [0, 0.1) is 11.8 Å². The smallest absolute Gasteiger partial charge is 0.192 e. The van der Waals surface area contributed by atoms with E-state index in [4.69, 9.17) is 8.85 Å². The standard InChI is InChI=1S/C20H42O2Si2/c1-19(2,3)23(7,8)21-16-13-15-11-12-18(17(15)14-16)22-24(9,10)20(4,5)6/h15-18H,11-14H2,1-10H3/t15-,16+,17+,18-/m1/s1. The van der Waals surface area contributed by atoms with E-state index in [9.17, 15) is 0 Å². The lowest BCUT2D eigenvalue weighted by atomic mass is 9.99. The molecular formula is C20H42O2Si2. The van der Waals surface area contributed by atoms with Crippen LogP contribution < -0.4 is 0 Å². The molecule has 4 atom stereocenters. The van der Waals surface area contributed by atoms with E-state index in [1.165, 1.54) is 25.7 Å². The second-order valence-electron chi connectivity index (χ2n) is 11.4. The molecule has 0 saturated heterocycles. The first-order chi connectivity index (χ1) is 10.6. The van der Waals surface area contributed by atoms with Gasteiger partial charge in [-0.1, -0.05) is 41.5 Å². The normalized spacial score (nSPS) is 32.2. The topological polar surface area (TPSA) is 18.5 Å². The minimum absolute atomic E-state index is 0.306. The summed E-state index contributed by atoms with van der Waals surface area (Å²) in [6.07, 6.45) is 6.09. The van der Waals surface area contributed by atoms with Gasteiger partial charge in [-0.25, -0.2) is 0 Å². The molecule has 142 valence electrons. The zero-order valence-electron chi connectivity index (χ0n) is 18.0. The first-order valence-electron chi connectivity index (χ1n) is 10.00. The Hall–Kier alpha value is 0.354. The van der Waals surface area contributed by atoms with Crippen LogP contribution in [0.25, 0.3) is 0 Å². The molecule has 2 rings (SSSR count). The van der Waals surface area contributed by atoms with Gasteiger partial charge in [0.05, 0.1) is 0 Å². The Morgan fingerprint density at radius 1 is 0.708 bits per heavy atom. The summed E-state index contributed by atoms with van der Waals surface area (Å²) >= 11 is 0. The van der Waals surface area contributed by atoms with E-state index in [-0.39, 0.29) is 0 Å². The molecule has 0 heterocycles. The van der Waals surface area contributed by atoms with Crippen LogP contribution in [-0.4, -0.2) is 28.8 Å². The Kier molecular flexibility index (Phi) is 5.60. The lowest BCUT2D eigenvalue weighted by Gasteiger charge is -2.40. The third kappa shape index (κ3) is 4.18. The predicted octanol–water partition coefficient (Wildman–Crippen LogP) is 6.59. The molecule has 24 heavy (non-hydrogen) atoms. The fourth-order valence-electron chi connectivity index (χ4n) is 3.88. The summed E-state index contributed by atoms with van der Waals surface area (Å²) < 4.78 is 13.6. The Morgan fingerprint density at radius 3 is 1.71 bits per heavy atom. The quantitative estimate of drug-likeness (QED) is 0.520. The van der Waals surface area contributed by atoms with Crippen LogP contribution in [0.4, 0.5) is 0 Å². The van der Waals surface area contributed by atoms with Gasteiger partial charge < -0.3 is 8.85 Å². The maximum Gasteiger partial charge on any atom is 0.192 e. The van der Waals surface area contributed by atoms with Crippen LogP contribution in [0.3, 0.4) is 0 Å². The summed E-state index contributed by atoms with van der Waals surface area (Å²) in [5.41, 5.74) is 0. The van der Waals surface area contributed by atoms with E-state index in [1.54, 1.807) is 0 Å². The van der Waals surface area contributed by atoms with Gasteiger partial charge in [-0.15, -0.1) is 0 Å². The fraction of sp³-hybridized carbons (Fsp3) is 1.00. The molecule has 0 radical (unpaired) electrons. The van der Waals surface area contributed by atoms with Crippen LogP contribution >= 0.6 is 0 Å². The minimum atomic E-state index is -1.66. The highest BCUT2D eigenvalue weighted by Crippen LogP contribution is 2.50. The summed E-state index contributed by atoms with van der Waals surface area (Å²) in [6.45, 7) is 23.7. The van der Waals surface area contributed by atoms with Gasteiger partial charge in [0.15, 0.2) is 16.6 Å². The van der Waals surface area contributed by atoms with Crippen molar-refractivity contribution in [3.8, 4) is 0 Å². The summed E-state index contributed by atoms with van der Waals surface area (Å²) in [5.74, 6) is 1.59. The van der Waals surface area contributed by atoms with Gasteiger partial charge in [-0.05, 0) is 73.8 Å². The average Bonchev–Trinajstić information content (AvgIpc) is 2.87. The number of hydrogen-bond donors (Lipinski definition) is 0. The molecule has 0 aliphatic heterocycles. The van der Waals surface area contributed by atoms with E-state index in [0.29, 0.717) is 22.3 Å². The molecule has 2 aliphatic carbocycles. The molecule has 2 aliphatic rings. The highest BCUT2D eigenvalue weighted by atomic mass is 28.4. The van der Waals surface area contributed by atoms with Gasteiger partial charge in [0.1, 0.15) is 0 Å². The molecule has 0 aromatic heterocycles. The minimum Gasteiger partial charge on any atom is -0.414 e. The van der Waals surface area contributed by atoms with Crippen molar-refractivity contribution < 1.29 is 8.85 Å². The maximum atomic E-state index is 6.82. The first-order valence-corrected chi connectivity index (χ1v) is 15.8. The summed E-state index contributed by atoms with van der Waals surface area (Å²) in [4.78, 5) is 0. The van der Waals surface area contributed by atoms with Crippen molar-refractivity contribution in [1.82, 2.24) is 0 Å². The van der Waals surface area contributed by atoms with Gasteiger partial charge in [0, 0.05) is 12.2 Å². The third-order valence-electron chi connectivity index (χ3n) is 7.53. The van der Waals surface area contributed by atoms with Gasteiger partial charge in [-0.3, -0.25) is 0 Å². The van der Waals surface area contributed by atoms with Crippen molar-refractivity contribution in [3.05, 3.63) is 0 Å². The van der Waals surface area contributed by atoms with E-state index < -0.39 is 16.6 Å². The molecule has 2 saturated carbocycles. The largest absolute Gasteiger partial charge is 0.414 e. The summed E-state index contributed by atoms with van der Waals surface area (Å²) in [5, 5.41) is 0.614. The second kappa shape index (κ2) is 6.51. The molecule has 4 heteroatoms. The Bertz CT molecular complexity index is 446. The zero-order valence-corrected chi connectivity index (χ0v) is 20.0. The van der Waals surface area contributed by atoms with Crippen molar-refractivity contribution in [1.29, 1.82) is 0 Å². The predicted molar refractivity (Wildman–Crippen MR) is 110 cm³/mol. The lowest BCUT2D eigenvalue weighted by Crippen LogP contribution is -2.45. The molecule has 0 aromatic carbocycles. The van der Waals surface area contributed by atoms with E-state index in [1.807, 2.05) is 0 Å². The molecule has 2 fully saturated rings. The van der Waals surface area contributed by atoms with E-state index >= 15 is 0 Å². The molecule has 0 aromatic rings. The fourth-order valence-corrected chi connectivity index (χ4v) is 6.66. The summed E-state index contributed by atoms with van der Waals surface area (Å²) in [6, 6.07) is 0. The SMILES string of the molecule is CC(C)(C)[Si](C)(C)O[C@H]1C[C@H]2CC[C@@H](O[Si](C)(C)C(C)(C)C)[C@H]2C1. The third-order valence-corrected chi connectivity index (χ3v) is 16.6.